The summed E-state index contributed by atoms with van der Waals surface area (Å²) < 4.78 is 16.8. The van der Waals surface area contributed by atoms with Crippen molar-refractivity contribution in [3.05, 3.63) is 23.8 Å². The summed E-state index contributed by atoms with van der Waals surface area (Å²) in [6, 6.07) is 5.66. The summed E-state index contributed by atoms with van der Waals surface area (Å²) in [5.41, 5.74) is 0.867. The average molecular weight is 293 g/mol. The Morgan fingerprint density at radius 3 is 2.52 bits per heavy atom. The van der Waals surface area contributed by atoms with Crippen molar-refractivity contribution in [1.29, 1.82) is 0 Å². The molecule has 5 nitrogen and oxygen atoms in total. The van der Waals surface area contributed by atoms with Gasteiger partial charge in [0, 0.05) is 19.6 Å². The van der Waals surface area contributed by atoms with Crippen LogP contribution in [0.2, 0.25) is 0 Å². The Bertz CT molecular complexity index is 483. The van der Waals surface area contributed by atoms with Crippen molar-refractivity contribution in [1.82, 2.24) is 4.90 Å². The van der Waals surface area contributed by atoms with Gasteiger partial charge in [-0.1, -0.05) is 6.07 Å². The molecule has 0 aromatic heterocycles. The molecule has 0 saturated carbocycles. The van der Waals surface area contributed by atoms with Crippen LogP contribution in [0, 0.1) is 0 Å². The molecule has 1 saturated heterocycles. The van der Waals surface area contributed by atoms with Crippen molar-refractivity contribution in [3.63, 3.8) is 0 Å². The zero-order chi connectivity index (χ0) is 14.8. The molecule has 0 radical (unpaired) electrons. The molecule has 0 aliphatic carbocycles. The van der Waals surface area contributed by atoms with Crippen LogP contribution in [0.25, 0.3) is 0 Å². The molecule has 1 aromatic carbocycles. The second-order valence-corrected chi connectivity index (χ2v) is 5.89. The fourth-order valence-corrected chi connectivity index (χ4v) is 3.05. The van der Waals surface area contributed by atoms with Gasteiger partial charge in [0.15, 0.2) is 11.5 Å². The maximum Gasteiger partial charge on any atom is 0.161 e. The Morgan fingerprint density at radius 1 is 1.14 bits per heavy atom. The lowest BCUT2D eigenvalue weighted by atomic mass is 10.1. The zero-order valence-corrected chi connectivity index (χ0v) is 12.6. The smallest absolute Gasteiger partial charge is 0.161 e. The highest BCUT2D eigenvalue weighted by molar-refractivity contribution is 5.44. The van der Waals surface area contributed by atoms with Crippen molar-refractivity contribution in [3.8, 4) is 11.5 Å². The van der Waals surface area contributed by atoms with Crippen LogP contribution in [0.5, 0.6) is 11.5 Å². The summed E-state index contributed by atoms with van der Waals surface area (Å²) in [6.07, 6.45) is -0.110. The lowest BCUT2D eigenvalue weighted by molar-refractivity contribution is -0.0767. The van der Waals surface area contributed by atoms with Crippen LogP contribution >= 0.6 is 0 Å². The second kappa shape index (κ2) is 6.22. The Balaban J connectivity index is 1.66. The summed E-state index contributed by atoms with van der Waals surface area (Å²) in [4.78, 5) is 2.25. The third-order valence-corrected chi connectivity index (χ3v) is 3.88. The number of aliphatic hydroxyl groups is 1. The first-order chi connectivity index (χ1) is 10.1. The predicted octanol–water partition coefficient (Wildman–Crippen LogP) is 1.60. The quantitative estimate of drug-likeness (QED) is 0.917. The molecule has 2 aliphatic heterocycles. The van der Waals surface area contributed by atoms with Crippen molar-refractivity contribution in [2.24, 2.45) is 0 Å². The normalized spacial score (nSPS) is 27.4. The maximum atomic E-state index is 10.5. The molecule has 1 N–H and O–H groups in total. The molecule has 0 amide bonds. The number of hydrogen-bond donors (Lipinski definition) is 1. The summed E-state index contributed by atoms with van der Waals surface area (Å²) in [7, 11) is 0. The first kappa shape index (κ1) is 14.6. The van der Waals surface area contributed by atoms with Crippen LogP contribution in [0.3, 0.4) is 0 Å². The lowest BCUT2D eigenvalue weighted by Crippen LogP contribution is -2.46. The van der Waals surface area contributed by atoms with E-state index in [4.69, 9.17) is 14.2 Å². The molecular formula is C16H23NO4. The monoisotopic (exact) mass is 293 g/mol. The van der Waals surface area contributed by atoms with Gasteiger partial charge in [-0.05, 0) is 31.5 Å². The van der Waals surface area contributed by atoms with E-state index in [0.717, 1.165) is 30.2 Å². The number of rotatable bonds is 3. The van der Waals surface area contributed by atoms with E-state index in [-0.39, 0.29) is 12.2 Å². The average Bonchev–Trinajstić information content (AvgIpc) is 2.45. The minimum Gasteiger partial charge on any atom is -0.486 e. The van der Waals surface area contributed by atoms with Crippen molar-refractivity contribution < 1.29 is 19.3 Å². The van der Waals surface area contributed by atoms with E-state index < -0.39 is 6.10 Å². The third-order valence-electron chi connectivity index (χ3n) is 3.88. The Morgan fingerprint density at radius 2 is 1.81 bits per heavy atom. The summed E-state index contributed by atoms with van der Waals surface area (Å²) in [6.45, 7) is 7.59. The highest BCUT2D eigenvalue weighted by atomic mass is 16.6. The summed E-state index contributed by atoms with van der Waals surface area (Å²) in [5, 5.41) is 10.5. The molecule has 1 aromatic rings. The number of fused-ring (bicyclic) bond motifs is 1. The molecule has 2 aliphatic rings. The molecule has 0 spiro atoms. The van der Waals surface area contributed by atoms with Gasteiger partial charge in [0.1, 0.15) is 13.2 Å². The highest BCUT2D eigenvalue weighted by Crippen LogP contribution is 2.33. The summed E-state index contributed by atoms with van der Waals surface area (Å²) >= 11 is 0. The number of morpholine rings is 1. The van der Waals surface area contributed by atoms with Crippen molar-refractivity contribution >= 4 is 0 Å². The van der Waals surface area contributed by atoms with Crippen LogP contribution in [-0.4, -0.2) is 55.1 Å². The van der Waals surface area contributed by atoms with E-state index in [1.54, 1.807) is 0 Å². The van der Waals surface area contributed by atoms with Gasteiger partial charge in [0.2, 0.25) is 0 Å². The van der Waals surface area contributed by atoms with Crippen LogP contribution in [0.15, 0.2) is 18.2 Å². The molecule has 2 heterocycles. The first-order valence-corrected chi connectivity index (χ1v) is 7.57. The van der Waals surface area contributed by atoms with Gasteiger partial charge in [0.05, 0.1) is 18.3 Å². The van der Waals surface area contributed by atoms with E-state index in [0.29, 0.717) is 19.8 Å². The van der Waals surface area contributed by atoms with Crippen LogP contribution in [-0.2, 0) is 4.74 Å². The first-order valence-electron chi connectivity index (χ1n) is 7.57. The number of ether oxygens (including phenoxy) is 3. The largest absolute Gasteiger partial charge is 0.486 e. The van der Waals surface area contributed by atoms with E-state index >= 15 is 0 Å². The number of aliphatic hydroxyl groups excluding tert-OH is 1. The number of benzene rings is 1. The molecule has 21 heavy (non-hydrogen) atoms. The highest BCUT2D eigenvalue weighted by Gasteiger charge is 2.25. The van der Waals surface area contributed by atoms with E-state index in [1.807, 2.05) is 18.2 Å². The molecular weight excluding hydrogens is 270 g/mol. The van der Waals surface area contributed by atoms with Crippen LogP contribution in [0.4, 0.5) is 0 Å². The van der Waals surface area contributed by atoms with E-state index in [9.17, 15) is 5.11 Å². The molecule has 116 valence electrons. The van der Waals surface area contributed by atoms with Crippen molar-refractivity contribution in [2.75, 3.05) is 32.8 Å². The van der Waals surface area contributed by atoms with Gasteiger partial charge in [-0.25, -0.2) is 0 Å². The van der Waals surface area contributed by atoms with Crippen LogP contribution in [0.1, 0.15) is 25.5 Å². The van der Waals surface area contributed by atoms with E-state index in [1.165, 1.54) is 0 Å². The minimum absolute atomic E-state index is 0.209. The van der Waals surface area contributed by atoms with Gasteiger partial charge in [-0.15, -0.1) is 0 Å². The fourth-order valence-electron chi connectivity index (χ4n) is 3.05. The SMILES string of the molecule is C[C@@H]1CN(C[C@@H](O)c2ccc3c(c2)OCCO3)C[C@@H](C)O1. The molecule has 3 atom stereocenters. The lowest BCUT2D eigenvalue weighted by Gasteiger charge is -2.36. The third kappa shape index (κ3) is 3.48. The Hall–Kier alpha value is -1.30. The zero-order valence-electron chi connectivity index (χ0n) is 12.6. The topological polar surface area (TPSA) is 51.2 Å². The van der Waals surface area contributed by atoms with Crippen LogP contribution < -0.4 is 9.47 Å². The van der Waals surface area contributed by atoms with Gasteiger partial charge in [-0.3, -0.25) is 4.90 Å². The standard InChI is InChI=1S/C16H23NO4/c1-11-8-17(9-12(2)21-11)10-14(18)13-3-4-15-16(7-13)20-6-5-19-15/h3-4,7,11-12,14,18H,5-6,8-10H2,1-2H3/t11-,12-,14-/m1/s1. The molecule has 3 rings (SSSR count). The Labute approximate surface area is 125 Å². The van der Waals surface area contributed by atoms with Gasteiger partial charge in [-0.2, -0.15) is 0 Å². The Kier molecular flexibility index (Phi) is 4.33. The summed E-state index contributed by atoms with van der Waals surface area (Å²) in [5.74, 6) is 1.48. The minimum atomic E-state index is -0.529. The molecule has 1 fully saturated rings. The molecule has 0 bridgehead atoms. The fraction of sp³-hybridized carbons (Fsp3) is 0.625. The molecule has 0 unspecified atom stereocenters. The number of hydrogen-bond acceptors (Lipinski definition) is 5. The number of nitrogens with zero attached hydrogens (tertiary/aromatic N) is 1. The van der Waals surface area contributed by atoms with Crippen molar-refractivity contribution in [2.45, 2.75) is 32.2 Å². The second-order valence-electron chi connectivity index (χ2n) is 5.89. The van der Waals surface area contributed by atoms with Gasteiger partial charge < -0.3 is 19.3 Å². The van der Waals surface area contributed by atoms with E-state index in [2.05, 4.69) is 18.7 Å². The maximum absolute atomic E-state index is 10.5. The van der Waals surface area contributed by atoms with Gasteiger partial charge in [0.25, 0.3) is 0 Å². The molecule has 5 heteroatoms. The number of β-amino-alcohol motifs (C(OH)–C–C–N with tert-alkyl or cyclic N) is 1. The van der Waals surface area contributed by atoms with Gasteiger partial charge >= 0.3 is 0 Å². The predicted molar refractivity (Wildman–Crippen MR) is 78.8 cm³/mol.